The van der Waals surface area contributed by atoms with Gasteiger partial charge in [0.2, 0.25) is 5.91 Å². The van der Waals surface area contributed by atoms with E-state index in [0.717, 1.165) is 36.8 Å². The van der Waals surface area contributed by atoms with E-state index in [4.69, 9.17) is 28.9 Å². The van der Waals surface area contributed by atoms with Gasteiger partial charge in [-0.1, -0.05) is 43.0 Å². The largest absolute Gasteiger partial charge is 0.369 e. The lowest BCUT2D eigenvalue weighted by Crippen LogP contribution is -2.22. The van der Waals surface area contributed by atoms with E-state index in [0.29, 0.717) is 5.02 Å². The summed E-state index contributed by atoms with van der Waals surface area (Å²) in [4.78, 5) is 10.5. The maximum Gasteiger partial charge on any atom is 0.221 e. The minimum Gasteiger partial charge on any atom is -0.369 e. The number of carbonyl (C=O) groups is 1. The Balaban J connectivity index is 2.26. The van der Waals surface area contributed by atoms with Gasteiger partial charge < -0.3 is 5.73 Å². The number of primary amides is 1. The Morgan fingerprint density at radius 1 is 1.28 bits per heavy atom. The summed E-state index contributed by atoms with van der Waals surface area (Å²) in [7, 11) is 0. The van der Waals surface area contributed by atoms with Crippen molar-refractivity contribution in [3.8, 4) is 0 Å². The molecule has 2 N–H and O–H groups in total. The maximum absolute atomic E-state index is 10.9. The van der Waals surface area contributed by atoms with Crippen LogP contribution >= 0.6 is 23.2 Å². The van der Waals surface area contributed by atoms with Gasteiger partial charge in [0.1, 0.15) is 0 Å². The van der Waals surface area contributed by atoms with Crippen molar-refractivity contribution >= 4 is 29.1 Å². The highest BCUT2D eigenvalue weighted by Crippen LogP contribution is 2.45. The van der Waals surface area contributed by atoms with Crippen LogP contribution in [-0.2, 0) is 16.1 Å². The third kappa shape index (κ3) is 2.99. The van der Waals surface area contributed by atoms with E-state index in [-0.39, 0.29) is 17.2 Å². The summed E-state index contributed by atoms with van der Waals surface area (Å²) < 4.78 is 0. The van der Waals surface area contributed by atoms with Crippen LogP contribution in [-0.4, -0.2) is 5.91 Å². The molecule has 0 radical (unpaired) electrons. The molecule has 18 heavy (non-hydrogen) atoms. The van der Waals surface area contributed by atoms with E-state index >= 15 is 0 Å². The average molecular weight is 286 g/mol. The van der Waals surface area contributed by atoms with E-state index < -0.39 is 0 Å². The molecule has 1 amide bonds. The van der Waals surface area contributed by atoms with Crippen molar-refractivity contribution in [2.75, 3.05) is 0 Å². The minimum absolute atomic E-state index is 0.218. The van der Waals surface area contributed by atoms with Crippen molar-refractivity contribution in [1.29, 1.82) is 0 Å². The number of amides is 1. The van der Waals surface area contributed by atoms with Gasteiger partial charge in [-0.2, -0.15) is 0 Å². The monoisotopic (exact) mass is 285 g/mol. The molecule has 1 aromatic rings. The van der Waals surface area contributed by atoms with E-state index in [1.165, 1.54) is 6.42 Å². The van der Waals surface area contributed by atoms with Crippen LogP contribution in [0.25, 0.3) is 0 Å². The lowest BCUT2D eigenvalue weighted by atomic mass is 9.83. The van der Waals surface area contributed by atoms with Gasteiger partial charge in [0.05, 0.1) is 11.3 Å². The van der Waals surface area contributed by atoms with Gasteiger partial charge in [0, 0.05) is 5.02 Å². The van der Waals surface area contributed by atoms with Crippen LogP contribution in [0.1, 0.15) is 43.2 Å². The molecule has 2 nitrogen and oxygen atoms in total. The topological polar surface area (TPSA) is 43.1 Å². The number of benzene rings is 1. The maximum atomic E-state index is 10.9. The Labute approximate surface area is 117 Å². The van der Waals surface area contributed by atoms with Gasteiger partial charge in [-0.15, -0.1) is 11.6 Å². The first kappa shape index (κ1) is 13.7. The third-order valence-corrected chi connectivity index (χ3v) is 4.43. The standard InChI is InChI=1S/C14H17Cl2NO/c15-12-8-10(9-13(17)18)4-5-11(12)14(16)6-2-1-3-7-14/h4-5,8H,1-3,6-7,9H2,(H2,17,18). The zero-order valence-electron chi connectivity index (χ0n) is 10.2. The second-order valence-corrected chi connectivity index (χ2v) is 6.11. The van der Waals surface area contributed by atoms with Gasteiger partial charge >= 0.3 is 0 Å². The van der Waals surface area contributed by atoms with Gasteiger partial charge in [0.15, 0.2) is 0 Å². The predicted octanol–water partition coefficient (Wildman–Crippen LogP) is 3.77. The Morgan fingerprint density at radius 3 is 2.50 bits per heavy atom. The summed E-state index contributed by atoms with van der Waals surface area (Å²) in [5, 5.41) is 0.644. The Morgan fingerprint density at radius 2 is 1.94 bits per heavy atom. The molecule has 0 aliphatic heterocycles. The van der Waals surface area contributed by atoms with Crippen LogP contribution in [0.15, 0.2) is 18.2 Å². The fourth-order valence-corrected chi connectivity index (χ4v) is 3.48. The molecule has 0 saturated heterocycles. The summed E-state index contributed by atoms with van der Waals surface area (Å²) >= 11 is 13.0. The molecule has 0 unspecified atom stereocenters. The molecule has 0 aromatic heterocycles. The molecule has 0 bridgehead atoms. The first-order valence-electron chi connectivity index (χ1n) is 6.27. The highest BCUT2D eigenvalue weighted by Gasteiger charge is 2.33. The highest BCUT2D eigenvalue weighted by molar-refractivity contribution is 6.33. The average Bonchev–Trinajstić information content (AvgIpc) is 2.28. The Hall–Kier alpha value is -0.730. The van der Waals surface area contributed by atoms with Gasteiger partial charge in [-0.3, -0.25) is 4.79 Å². The van der Waals surface area contributed by atoms with Crippen molar-refractivity contribution < 1.29 is 4.79 Å². The molecule has 1 aromatic carbocycles. The van der Waals surface area contributed by atoms with Crippen molar-refractivity contribution in [1.82, 2.24) is 0 Å². The summed E-state index contributed by atoms with van der Waals surface area (Å²) in [6.07, 6.45) is 5.67. The number of alkyl halides is 1. The SMILES string of the molecule is NC(=O)Cc1ccc(C2(Cl)CCCCC2)c(Cl)c1. The van der Waals surface area contributed by atoms with Crippen molar-refractivity contribution in [3.05, 3.63) is 34.3 Å². The van der Waals surface area contributed by atoms with Crippen LogP contribution in [0, 0.1) is 0 Å². The fraction of sp³-hybridized carbons (Fsp3) is 0.500. The first-order chi connectivity index (χ1) is 8.51. The van der Waals surface area contributed by atoms with Crippen molar-refractivity contribution in [2.24, 2.45) is 5.73 Å². The number of halogens is 2. The molecule has 1 saturated carbocycles. The van der Waals surface area contributed by atoms with E-state index in [9.17, 15) is 4.79 Å². The molecule has 1 aliphatic carbocycles. The van der Waals surface area contributed by atoms with Gasteiger partial charge in [0.25, 0.3) is 0 Å². The quantitative estimate of drug-likeness (QED) is 0.844. The summed E-state index contributed by atoms with van der Waals surface area (Å²) in [5.41, 5.74) is 7.00. The molecule has 1 fully saturated rings. The summed E-state index contributed by atoms with van der Waals surface area (Å²) in [6.45, 7) is 0. The van der Waals surface area contributed by atoms with Crippen LogP contribution in [0.5, 0.6) is 0 Å². The van der Waals surface area contributed by atoms with E-state index in [2.05, 4.69) is 0 Å². The van der Waals surface area contributed by atoms with E-state index in [1.54, 1.807) is 6.07 Å². The minimum atomic E-state index is -0.350. The van der Waals surface area contributed by atoms with Gasteiger partial charge in [-0.05, 0) is 30.0 Å². The van der Waals surface area contributed by atoms with Crippen LogP contribution in [0.2, 0.25) is 5.02 Å². The Kier molecular flexibility index (Phi) is 4.18. The molecular formula is C14H17Cl2NO. The smallest absolute Gasteiger partial charge is 0.221 e. The second kappa shape index (κ2) is 5.50. The Bertz CT molecular complexity index is 453. The zero-order valence-corrected chi connectivity index (χ0v) is 11.7. The normalized spacial score (nSPS) is 18.6. The van der Waals surface area contributed by atoms with Crippen molar-refractivity contribution in [2.45, 2.75) is 43.4 Å². The zero-order chi connectivity index (χ0) is 13.2. The molecule has 0 heterocycles. The summed E-state index contributed by atoms with van der Waals surface area (Å²) in [5.74, 6) is -0.350. The lowest BCUT2D eigenvalue weighted by Gasteiger charge is -2.32. The molecule has 98 valence electrons. The predicted molar refractivity (Wildman–Crippen MR) is 75.0 cm³/mol. The number of rotatable bonds is 3. The van der Waals surface area contributed by atoms with Crippen molar-refractivity contribution in [3.63, 3.8) is 0 Å². The molecule has 4 heteroatoms. The van der Waals surface area contributed by atoms with Crippen LogP contribution in [0.4, 0.5) is 0 Å². The molecule has 2 rings (SSSR count). The van der Waals surface area contributed by atoms with Gasteiger partial charge in [-0.25, -0.2) is 0 Å². The number of hydrogen-bond donors (Lipinski definition) is 1. The van der Waals surface area contributed by atoms with Crippen LogP contribution in [0.3, 0.4) is 0 Å². The molecule has 0 atom stereocenters. The number of hydrogen-bond acceptors (Lipinski definition) is 1. The van der Waals surface area contributed by atoms with E-state index in [1.807, 2.05) is 12.1 Å². The fourth-order valence-electron chi connectivity index (χ4n) is 2.61. The summed E-state index contributed by atoms with van der Waals surface area (Å²) in [6, 6.07) is 5.64. The first-order valence-corrected chi connectivity index (χ1v) is 7.03. The third-order valence-electron chi connectivity index (χ3n) is 3.54. The van der Waals surface area contributed by atoms with Crippen LogP contribution < -0.4 is 5.73 Å². The lowest BCUT2D eigenvalue weighted by molar-refractivity contribution is -0.117. The molecular weight excluding hydrogens is 269 g/mol. The highest BCUT2D eigenvalue weighted by atomic mass is 35.5. The number of carbonyl (C=O) groups excluding carboxylic acids is 1. The molecule has 1 aliphatic rings. The second-order valence-electron chi connectivity index (χ2n) is 4.98. The molecule has 0 spiro atoms. The number of nitrogens with two attached hydrogens (primary N) is 1.